The quantitative estimate of drug-likeness (QED) is 0.925. The number of aliphatic hydroxyl groups excluding tert-OH is 1. The lowest BCUT2D eigenvalue weighted by Gasteiger charge is -2.35. The number of hydrogen-bond acceptors (Lipinski definition) is 4. The summed E-state index contributed by atoms with van der Waals surface area (Å²) in [5, 5.41) is 13.7. The molecule has 1 atom stereocenters. The normalized spacial score (nSPS) is 18.0. The molecule has 0 saturated carbocycles. The van der Waals surface area contributed by atoms with Gasteiger partial charge in [-0.2, -0.15) is 5.10 Å². The first-order valence-electron chi connectivity index (χ1n) is 7.83. The fourth-order valence-electron chi connectivity index (χ4n) is 3.23. The SMILES string of the molecule is Cc1nn(-c2ccccc2F)c(C)c1[C@@H]1COCCN1C(=O)CO. The van der Waals surface area contributed by atoms with Gasteiger partial charge in [-0.1, -0.05) is 12.1 Å². The Labute approximate surface area is 139 Å². The van der Waals surface area contributed by atoms with E-state index >= 15 is 0 Å². The summed E-state index contributed by atoms with van der Waals surface area (Å²) in [7, 11) is 0. The van der Waals surface area contributed by atoms with Gasteiger partial charge in [0.15, 0.2) is 0 Å². The minimum atomic E-state index is -0.546. The molecule has 1 aromatic carbocycles. The van der Waals surface area contributed by atoms with E-state index in [1.165, 1.54) is 6.07 Å². The number of aliphatic hydroxyl groups is 1. The third-order valence-electron chi connectivity index (χ3n) is 4.35. The van der Waals surface area contributed by atoms with Gasteiger partial charge < -0.3 is 14.7 Å². The van der Waals surface area contributed by atoms with Gasteiger partial charge >= 0.3 is 0 Å². The Morgan fingerprint density at radius 1 is 1.42 bits per heavy atom. The van der Waals surface area contributed by atoms with E-state index in [0.717, 1.165) is 11.3 Å². The van der Waals surface area contributed by atoms with Crippen LogP contribution in [0.25, 0.3) is 5.69 Å². The maximum Gasteiger partial charge on any atom is 0.248 e. The predicted octanol–water partition coefficient (Wildman–Crippen LogP) is 1.52. The number of hydrogen-bond donors (Lipinski definition) is 1. The lowest BCUT2D eigenvalue weighted by molar-refractivity contribution is -0.143. The molecule has 6 nitrogen and oxygen atoms in total. The number of aryl methyl sites for hydroxylation is 1. The molecule has 2 heterocycles. The maximum atomic E-state index is 14.1. The van der Waals surface area contributed by atoms with E-state index in [-0.39, 0.29) is 17.8 Å². The largest absolute Gasteiger partial charge is 0.387 e. The van der Waals surface area contributed by atoms with Crippen molar-refractivity contribution in [1.29, 1.82) is 0 Å². The average Bonchev–Trinajstić information content (AvgIpc) is 2.89. The van der Waals surface area contributed by atoms with E-state index in [0.29, 0.717) is 31.1 Å². The van der Waals surface area contributed by atoms with E-state index in [1.54, 1.807) is 27.8 Å². The fourth-order valence-corrected chi connectivity index (χ4v) is 3.23. The highest BCUT2D eigenvalue weighted by molar-refractivity contribution is 5.78. The van der Waals surface area contributed by atoms with Crippen LogP contribution in [0.1, 0.15) is 23.0 Å². The zero-order chi connectivity index (χ0) is 17.3. The summed E-state index contributed by atoms with van der Waals surface area (Å²) >= 11 is 0. The van der Waals surface area contributed by atoms with Crippen LogP contribution in [0.2, 0.25) is 0 Å². The van der Waals surface area contributed by atoms with Gasteiger partial charge in [0.2, 0.25) is 5.91 Å². The Bertz CT molecular complexity index is 760. The minimum Gasteiger partial charge on any atom is -0.387 e. The second kappa shape index (κ2) is 6.70. The lowest BCUT2D eigenvalue weighted by atomic mass is 10.0. The second-order valence-corrected chi connectivity index (χ2v) is 5.78. The van der Waals surface area contributed by atoms with Gasteiger partial charge in [-0.25, -0.2) is 9.07 Å². The van der Waals surface area contributed by atoms with Crippen LogP contribution in [0.5, 0.6) is 0 Å². The summed E-state index contributed by atoms with van der Waals surface area (Å²) in [4.78, 5) is 13.6. The monoisotopic (exact) mass is 333 g/mol. The Morgan fingerprint density at radius 3 is 2.88 bits per heavy atom. The molecule has 1 aliphatic heterocycles. The molecular weight excluding hydrogens is 313 g/mol. The number of ether oxygens (including phenoxy) is 1. The molecular formula is C17H20FN3O3. The van der Waals surface area contributed by atoms with Crippen LogP contribution in [0.3, 0.4) is 0 Å². The van der Waals surface area contributed by atoms with Crippen molar-refractivity contribution in [3.63, 3.8) is 0 Å². The molecule has 3 rings (SSSR count). The molecule has 1 fully saturated rings. The van der Waals surface area contributed by atoms with E-state index < -0.39 is 6.61 Å². The standard InChI is InChI=1S/C17H20FN3O3/c1-11-17(15-10-24-8-7-20(15)16(23)9-22)12(2)21(19-11)14-6-4-3-5-13(14)18/h3-6,15,22H,7-10H2,1-2H3/t15-/m0/s1. The summed E-state index contributed by atoms with van der Waals surface area (Å²) in [6, 6.07) is 6.09. The van der Waals surface area contributed by atoms with Crippen LogP contribution < -0.4 is 0 Å². The summed E-state index contributed by atoms with van der Waals surface area (Å²) < 4.78 is 21.2. The topological polar surface area (TPSA) is 67.6 Å². The summed E-state index contributed by atoms with van der Waals surface area (Å²) in [6.45, 7) is 4.30. The summed E-state index contributed by atoms with van der Waals surface area (Å²) in [5.74, 6) is -0.710. The highest BCUT2D eigenvalue weighted by atomic mass is 19.1. The Hall–Kier alpha value is -2.25. The van der Waals surface area contributed by atoms with Crippen molar-refractivity contribution >= 4 is 5.91 Å². The van der Waals surface area contributed by atoms with Gasteiger partial charge in [0.1, 0.15) is 18.1 Å². The van der Waals surface area contributed by atoms with E-state index in [9.17, 15) is 14.3 Å². The number of aromatic nitrogens is 2. The Kier molecular flexibility index (Phi) is 4.64. The van der Waals surface area contributed by atoms with Crippen LogP contribution in [-0.4, -0.2) is 52.1 Å². The van der Waals surface area contributed by atoms with Crippen LogP contribution >= 0.6 is 0 Å². The van der Waals surface area contributed by atoms with Gasteiger partial charge in [0.05, 0.1) is 24.9 Å². The first-order chi connectivity index (χ1) is 11.5. The molecule has 0 spiro atoms. The number of carbonyl (C=O) groups excluding carboxylic acids is 1. The average molecular weight is 333 g/mol. The summed E-state index contributed by atoms with van der Waals surface area (Å²) in [6.07, 6.45) is 0. The minimum absolute atomic E-state index is 0.330. The lowest BCUT2D eigenvalue weighted by Crippen LogP contribution is -2.45. The molecule has 1 amide bonds. The second-order valence-electron chi connectivity index (χ2n) is 5.78. The van der Waals surface area contributed by atoms with Gasteiger partial charge in [0.25, 0.3) is 0 Å². The number of amides is 1. The first-order valence-corrected chi connectivity index (χ1v) is 7.83. The van der Waals surface area contributed by atoms with Gasteiger partial charge in [-0.05, 0) is 26.0 Å². The Balaban J connectivity index is 2.05. The van der Waals surface area contributed by atoms with Crippen molar-refractivity contribution in [2.75, 3.05) is 26.4 Å². The molecule has 24 heavy (non-hydrogen) atoms. The van der Waals surface area contributed by atoms with Crippen molar-refractivity contribution in [2.45, 2.75) is 19.9 Å². The van der Waals surface area contributed by atoms with Gasteiger partial charge in [-0.3, -0.25) is 4.79 Å². The number of carbonyl (C=O) groups is 1. The molecule has 0 radical (unpaired) electrons. The fraction of sp³-hybridized carbons (Fsp3) is 0.412. The predicted molar refractivity (Wildman–Crippen MR) is 85.4 cm³/mol. The Morgan fingerprint density at radius 2 is 2.17 bits per heavy atom. The van der Waals surface area contributed by atoms with Crippen LogP contribution in [0.15, 0.2) is 24.3 Å². The van der Waals surface area contributed by atoms with E-state index in [2.05, 4.69) is 5.10 Å². The number of para-hydroxylation sites is 1. The molecule has 0 bridgehead atoms. The number of rotatable bonds is 3. The van der Waals surface area contributed by atoms with E-state index in [4.69, 9.17) is 4.74 Å². The molecule has 1 saturated heterocycles. The zero-order valence-electron chi connectivity index (χ0n) is 13.7. The molecule has 1 aromatic heterocycles. The molecule has 128 valence electrons. The molecule has 7 heteroatoms. The molecule has 2 aromatic rings. The molecule has 1 N–H and O–H groups in total. The van der Waals surface area contributed by atoms with Crippen LogP contribution in [0.4, 0.5) is 4.39 Å². The maximum absolute atomic E-state index is 14.1. The van der Waals surface area contributed by atoms with Crippen molar-refractivity contribution in [3.8, 4) is 5.69 Å². The van der Waals surface area contributed by atoms with Crippen LogP contribution in [0, 0.1) is 19.7 Å². The van der Waals surface area contributed by atoms with Crippen molar-refractivity contribution < 1.29 is 19.0 Å². The van der Waals surface area contributed by atoms with Crippen LogP contribution in [-0.2, 0) is 9.53 Å². The zero-order valence-corrected chi connectivity index (χ0v) is 13.7. The third-order valence-corrected chi connectivity index (χ3v) is 4.35. The highest BCUT2D eigenvalue weighted by Gasteiger charge is 2.32. The summed E-state index contributed by atoms with van der Waals surface area (Å²) in [5.41, 5.74) is 2.66. The van der Waals surface area contributed by atoms with Gasteiger partial charge in [-0.15, -0.1) is 0 Å². The van der Waals surface area contributed by atoms with Crippen molar-refractivity contribution in [3.05, 3.63) is 47.0 Å². The van der Waals surface area contributed by atoms with Crippen molar-refractivity contribution in [2.24, 2.45) is 0 Å². The van der Waals surface area contributed by atoms with E-state index in [1.807, 2.05) is 13.8 Å². The van der Waals surface area contributed by atoms with Crippen molar-refractivity contribution in [1.82, 2.24) is 14.7 Å². The molecule has 0 unspecified atom stereocenters. The number of benzene rings is 1. The molecule has 1 aliphatic rings. The smallest absolute Gasteiger partial charge is 0.248 e. The first kappa shape index (κ1) is 16.6. The van der Waals surface area contributed by atoms with Gasteiger partial charge in [0, 0.05) is 17.8 Å². The highest BCUT2D eigenvalue weighted by Crippen LogP contribution is 2.31. The number of halogens is 1. The molecule has 0 aliphatic carbocycles. The number of nitrogens with zero attached hydrogens (tertiary/aromatic N) is 3. The third kappa shape index (κ3) is 2.81. The number of morpholine rings is 1.